The van der Waals surface area contributed by atoms with E-state index < -0.39 is 0 Å². The lowest BCUT2D eigenvalue weighted by Crippen LogP contribution is -2.23. The molecule has 2 aliphatic rings. The highest BCUT2D eigenvalue weighted by molar-refractivity contribution is 6.04. The monoisotopic (exact) mass is 418 g/mol. The average Bonchev–Trinajstić information content (AvgIpc) is 3.55. The Labute approximate surface area is 179 Å². The van der Waals surface area contributed by atoms with Crippen LogP contribution < -0.4 is 20.1 Å². The van der Waals surface area contributed by atoms with E-state index in [1.54, 1.807) is 41.2 Å². The Morgan fingerprint density at radius 1 is 1.03 bits per heavy atom. The molecule has 0 radical (unpaired) electrons. The van der Waals surface area contributed by atoms with Gasteiger partial charge in [0, 0.05) is 41.5 Å². The largest absolute Gasteiger partial charge is 0.486 e. The molecule has 0 bridgehead atoms. The molecule has 2 aromatic carbocycles. The summed E-state index contributed by atoms with van der Waals surface area (Å²) in [6.45, 7) is 1.48. The quantitative estimate of drug-likeness (QED) is 0.642. The summed E-state index contributed by atoms with van der Waals surface area (Å²) in [5, 5.41) is 10.2. The second-order valence-corrected chi connectivity index (χ2v) is 7.64. The molecule has 0 atom stereocenters. The van der Waals surface area contributed by atoms with Gasteiger partial charge in [-0.1, -0.05) is 0 Å². The van der Waals surface area contributed by atoms with Crippen molar-refractivity contribution in [3.63, 3.8) is 0 Å². The molecule has 8 heteroatoms. The molecule has 5 rings (SSSR count). The number of hydrogen-bond acceptors (Lipinski definition) is 5. The van der Waals surface area contributed by atoms with Crippen molar-refractivity contribution in [2.24, 2.45) is 5.92 Å². The molecule has 0 spiro atoms. The molecule has 2 N–H and O–H groups in total. The van der Waals surface area contributed by atoms with Gasteiger partial charge in [0.15, 0.2) is 11.5 Å². The van der Waals surface area contributed by atoms with Gasteiger partial charge < -0.3 is 20.1 Å². The van der Waals surface area contributed by atoms with Crippen molar-refractivity contribution >= 4 is 17.5 Å². The number of nitrogens with zero attached hydrogens (tertiary/aromatic N) is 2. The van der Waals surface area contributed by atoms with E-state index >= 15 is 0 Å². The fourth-order valence-electron chi connectivity index (χ4n) is 3.36. The van der Waals surface area contributed by atoms with Gasteiger partial charge >= 0.3 is 0 Å². The Hall–Kier alpha value is -3.81. The molecule has 1 aliphatic heterocycles. The highest BCUT2D eigenvalue weighted by Gasteiger charge is 2.29. The van der Waals surface area contributed by atoms with Gasteiger partial charge in [-0.25, -0.2) is 4.68 Å². The van der Waals surface area contributed by atoms with Gasteiger partial charge in [-0.2, -0.15) is 5.10 Å². The summed E-state index contributed by atoms with van der Waals surface area (Å²) >= 11 is 0. The number of aromatic nitrogens is 2. The zero-order chi connectivity index (χ0) is 21.2. The first kappa shape index (κ1) is 19.2. The highest BCUT2D eigenvalue weighted by Crippen LogP contribution is 2.32. The van der Waals surface area contributed by atoms with Crippen molar-refractivity contribution in [1.29, 1.82) is 0 Å². The van der Waals surface area contributed by atoms with E-state index in [1.807, 2.05) is 18.3 Å². The van der Waals surface area contributed by atoms with E-state index in [-0.39, 0.29) is 17.7 Å². The minimum atomic E-state index is -0.216. The molecule has 2 amide bonds. The Bertz CT molecular complexity index is 1120. The SMILES string of the molecule is O=C(Nc1ccc2c(c1)OCCO2)c1ccc(-n2cc(CNC(=O)C3CC3)cn2)cc1. The van der Waals surface area contributed by atoms with Crippen LogP contribution in [-0.2, 0) is 11.3 Å². The predicted molar refractivity (Wildman–Crippen MR) is 114 cm³/mol. The van der Waals surface area contributed by atoms with Gasteiger partial charge in [-0.3, -0.25) is 9.59 Å². The summed E-state index contributed by atoms with van der Waals surface area (Å²) in [5.74, 6) is 1.39. The van der Waals surface area contributed by atoms with Crippen molar-refractivity contribution in [2.45, 2.75) is 19.4 Å². The van der Waals surface area contributed by atoms with Crippen molar-refractivity contribution in [1.82, 2.24) is 15.1 Å². The summed E-state index contributed by atoms with van der Waals surface area (Å²) in [6.07, 6.45) is 5.58. The molecule has 0 saturated heterocycles. The third-order valence-electron chi connectivity index (χ3n) is 5.25. The normalized spacial score (nSPS) is 14.7. The van der Waals surface area contributed by atoms with Crippen LogP contribution in [0.5, 0.6) is 11.5 Å². The first-order chi connectivity index (χ1) is 15.2. The molecule has 158 valence electrons. The molecule has 2 heterocycles. The number of nitrogens with one attached hydrogen (secondary N) is 2. The molecule has 31 heavy (non-hydrogen) atoms. The summed E-state index contributed by atoms with van der Waals surface area (Å²) < 4.78 is 12.8. The van der Waals surface area contributed by atoms with E-state index in [0.29, 0.717) is 42.5 Å². The summed E-state index contributed by atoms with van der Waals surface area (Å²) in [5.41, 5.74) is 2.93. The fourth-order valence-corrected chi connectivity index (χ4v) is 3.36. The lowest BCUT2D eigenvalue weighted by molar-refractivity contribution is -0.122. The van der Waals surface area contributed by atoms with Crippen LogP contribution in [0.4, 0.5) is 5.69 Å². The van der Waals surface area contributed by atoms with E-state index in [9.17, 15) is 9.59 Å². The Kier molecular flexibility index (Phi) is 5.03. The van der Waals surface area contributed by atoms with Crippen LogP contribution in [0.2, 0.25) is 0 Å². The van der Waals surface area contributed by atoms with Crippen molar-refractivity contribution < 1.29 is 19.1 Å². The van der Waals surface area contributed by atoms with E-state index in [2.05, 4.69) is 15.7 Å². The summed E-state index contributed by atoms with van der Waals surface area (Å²) in [4.78, 5) is 24.4. The number of benzene rings is 2. The lowest BCUT2D eigenvalue weighted by Gasteiger charge is -2.19. The van der Waals surface area contributed by atoms with Crippen LogP contribution in [0.15, 0.2) is 54.9 Å². The number of carbonyl (C=O) groups excluding carboxylic acids is 2. The van der Waals surface area contributed by atoms with Crippen LogP contribution in [0, 0.1) is 5.92 Å². The number of amides is 2. The Morgan fingerprint density at radius 2 is 1.81 bits per heavy atom. The molecule has 1 aromatic heterocycles. The maximum Gasteiger partial charge on any atom is 0.255 e. The predicted octanol–water partition coefficient (Wildman–Crippen LogP) is 2.92. The van der Waals surface area contributed by atoms with Crippen LogP contribution in [0.25, 0.3) is 5.69 Å². The number of anilines is 1. The average molecular weight is 418 g/mol. The summed E-state index contributed by atoms with van der Waals surface area (Å²) in [7, 11) is 0. The second-order valence-electron chi connectivity index (χ2n) is 7.64. The second kappa shape index (κ2) is 8.14. The van der Waals surface area contributed by atoms with E-state index in [4.69, 9.17) is 9.47 Å². The van der Waals surface area contributed by atoms with E-state index in [0.717, 1.165) is 24.1 Å². The van der Waals surface area contributed by atoms with Gasteiger partial charge in [0.1, 0.15) is 13.2 Å². The molecule has 0 unspecified atom stereocenters. The first-order valence-electron chi connectivity index (χ1n) is 10.3. The number of ether oxygens (including phenoxy) is 2. The topological polar surface area (TPSA) is 94.5 Å². The van der Waals surface area contributed by atoms with Gasteiger partial charge in [0.25, 0.3) is 5.91 Å². The highest BCUT2D eigenvalue weighted by atomic mass is 16.6. The van der Waals surface area contributed by atoms with Crippen LogP contribution in [0.1, 0.15) is 28.8 Å². The number of rotatable bonds is 6. The zero-order valence-corrected chi connectivity index (χ0v) is 16.8. The molecule has 1 saturated carbocycles. The van der Waals surface area contributed by atoms with Gasteiger partial charge in [0.05, 0.1) is 11.9 Å². The standard InChI is InChI=1S/C23H22N4O4/c28-22(16-1-2-16)24-12-15-13-25-27(14-15)19-6-3-17(4-7-19)23(29)26-18-5-8-20-21(11-18)31-10-9-30-20/h3-8,11,13-14,16H,1-2,9-10,12H2,(H,24,28)(H,26,29). The van der Waals surface area contributed by atoms with Crippen LogP contribution >= 0.6 is 0 Å². The van der Waals surface area contributed by atoms with Gasteiger partial charge in [-0.05, 0) is 49.2 Å². The Balaban J connectivity index is 1.21. The smallest absolute Gasteiger partial charge is 0.255 e. The maximum absolute atomic E-state index is 12.6. The molecule has 8 nitrogen and oxygen atoms in total. The number of carbonyl (C=O) groups is 2. The minimum absolute atomic E-state index is 0.112. The molecule has 1 aliphatic carbocycles. The maximum atomic E-state index is 12.6. The summed E-state index contributed by atoms with van der Waals surface area (Å²) in [6, 6.07) is 12.5. The molecule has 1 fully saturated rings. The van der Waals surface area contributed by atoms with Crippen molar-refractivity contribution in [3.05, 3.63) is 66.0 Å². The molecule has 3 aromatic rings. The van der Waals surface area contributed by atoms with Gasteiger partial charge in [0.2, 0.25) is 5.91 Å². The number of fused-ring (bicyclic) bond motifs is 1. The van der Waals surface area contributed by atoms with E-state index in [1.165, 1.54) is 0 Å². The van der Waals surface area contributed by atoms with Crippen LogP contribution in [0.3, 0.4) is 0 Å². The molecular formula is C23H22N4O4. The first-order valence-corrected chi connectivity index (χ1v) is 10.3. The van der Waals surface area contributed by atoms with Crippen molar-refractivity contribution in [2.75, 3.05) is 18.5 Å². The zero-order valence-electron chi connectivity index (χ0n) is 16.8. The fraction of sp³-hybridized carbons (Fsp3) is 0.261. The molecular weight excluding hydrogens is 396 g/mol. The number of hydrogen-bond donors (Lipinski definition) is 2. The lowest BCUT2D eigenvalue weighted by atomic mass is 10.2. The Morgan fingerprint density at radius 3 is 2.58 bits per heavy atom. The third-order valence-corrected chi connectivity index (χ3v) is 5.25. The third kappa shape index (κ3) is 4.37. The van der Waals surface area contributed by atoms with Crippen molar-refractivity contribution in [3.8, 4) is 17.2 Å². The minimum Gasteiger partial charge on any atom is -0.486 e. The van der Waals surface area contributed by atoms with Gasteiger partial charge in [-0.15, -0.1) is 0 Å². The van der Waals surface area contributed by atoms with Crippen LogP contribution in [-0.4, -0.2) is 34.8 Å².